The van der Waals surface area contributed by atoms with Crippen LogP contribution in [0.4, 0.5) is 0 Å². The molecule has 107 heavy (non-hydrogen) atoms. The maximum atomic E-state index is 15.0. The van der Waals surface area contributed by atoms with Crippen LogP contribution < -0.4 is 64.6 Å². The minimum Gasteiger partial charge on any atom is -0.508 e. The van der Waals surface area contributed by atoms with Crippen molar-refractivity contribution >= 4 is 100 Å². The molecule has 0 saturated carbocycles. The van der Waals surface area contributed by atoms with Crippen molar-refractivity contribution in [3.05, 3.63) is 138 Å². The topological polar surface area (TPSA) is 463 Å². The lowest BCUT2D eigenvalue weighted by Crippen LogP contribution is -2.61. The van der Waals surface area contributed by atoms with Crippen molar-refractivity contribution in [2.75, 3.05) is 25.4 Å². The number of nitrogens with two attached hydrogens (primary N) is 2. The number of aromatic amines is 1. The fourth-order valence-electron chi connectivity index (χ4n) is 12.1. The Balaban J connectivity index is 1.15. The van der Waals surface area contributed by atoms with Gasteiger partial charge < -0.3 is 89.5 Å². The summed E-state index contributed by atoms with van der Waals surface area (Å²) >= 11 is 4.20. The molecular weight excluding hydrogens is 1400 g/mol. The second-order valence-electron chi connectivity index (χ2n) is 27.4. The average molecular weight is 1500 g/mol. The number of amides is 11. The van der Waals surface area contributed by atoms with E-state index in [1.807, 2.05) is 13.8 Å². The van der Waals surface area contributed by atoms with Crippen LogP contribution in [0.25, 0.3) is 10.9 Å². The van der Waals surface area contributed by atoms with Gasteiger partial charge in [-0.1, -0.05) is 145 Å². The third kappa shape index (κ3) is 26.3. The molecule has 1 saturated heterocycles. The number of aliphatic carboxylic acids is 1. The van der Waals surface area contributed by atoms with Gasteiger partial charge in [0, 0.05) is 42.2 Å². The van der Waals surface area contributed by atoms with Crippen molar-refractivity contribution in [1.29, 1.82) is 0 Å². The van der Waals surface area contributed by atoms with Crippen LogP contribution in [0.2, 0.25) is 0 Å². The third-order valence-electron chi connectivity index (χ3n) is 18.8. The molecule has 1 aromatic heterocycles. The number of hydrogen-bond acceptors (Lipinski definition) is 18. The number of rotatable bonds is 42. The van der Waals surface area contributed by atoms with E-state index in [2.05, 4.69) is 70.8 Å². The van der Waals surface area contributed by atoms with Crippen LogP contribution in [-0.2, 0) is 92.9 Å². The minimum atomic E-state index is -1.82. The summed E-state index contributed by atoms with van der Waals surface area (Å²) in [6.45, 7) is 11.2. The van der Waals surface area contributed by atoms with Crippen molar-refractivity contribution in [3.63, 3.8) is 0 Å². The highest BCUT2D eigenvalue weighted by atomic mass is 32.1. The van der Waals surface area contributed by atoms with Gasteiger partial charge in [-0.05, 0) is 110 Å². The van der Waals surface area contributed by atoms with Gasteiger partial charge in [0.25, 0.3) is 0 Å². The first kappa shape index (κ1) is 85.5. The standard InChI is InChI=1S/C76H104N14O16S/c1-8-44(5)64(89-74(103)65(45(6)9-2)88-67(96)53(78)35-48-29-31-51(91)32-30-48)73(102)82-55(27-18-19-33-77)68(97)80-40-61(92)87-63(43(3)4)72(101)84-56(36-47-21-12-10-13-22-47)69(98)83-57(37-50-39-79-54-26-17-16-25-52(50)54)70(99)85-58(38-62(93)94)75(104)90-34-20-28-60(90)71(100)81-46(7)66(95)86-59(42-107)76(105)106-41-49-23-14-11-15-24-49/h10-17,21-26,29-32,39,43-46,53,55-60,63-65,79,91,107H,8-9,18-20,27-28,33-38,40-42,77-78H2,1-7H3,(H,80,97)(H,81,100)(H,82,102)(H,83,98)(H,84,101)(H,85,99)(H,86,95)(H,87,92)(H,88,96)(H,89,103)(H,93,94)/t44-,45-,46-,53-,55-,56-,57-,58-,59-,60-,63-,64-,65-/m0/s1. The summed E-state index contributed by atoms with van der Waals surface area (Å²) in [7, 11) is 0. The quantitative estimate of drug-likeness (QED) is 0.0150. The first-order chi connectivity index (χ1) is 51.0. The fourth-order valence-corrected chi connectivity index (χ4v) is 12.4. The molecule has 30 nitrogen and oxygen atoms in total. The lowest BCUT2D eigenvalue weighted by Gasteiger charge is -2.30. The number of esters is 1. The van der Waals surface area contributed by atoms with E-state index in [0.717, 1.165) is 4.90 Å². The van der Waals surface area contributed by atoms with Crippen LogP contribution in [0.15, 0.2) is 115 Å². The number of carboxylic acid groups (broad SMARTS) is 1. The molecule has 1 aliphatic rings. The summed E-state index contributed by atoms with van der Waals surface area (Å²) in [6, 6.07) is 16.1. The van der Waals surface area contributed by atoms with Gasteiger partial charge in [0.1, 0.15) is 72.8 Å². The summed E-state index contributed by atoms with van der Waals surface area (Å²) in [5, 5.41) is 47.2. The van der Waals surface area contributed by atoms with Crippen molar-refractivity contribution < 1.29 is 77.3 Å². The van der Waals surface area contributed by atoms with Crippen LogP contribution in [0.3, 0.4) is 0 Å². The number of carboxylic acids is 1. The Hall–Kier alpha value is -10.4. The molecule has 13 atom stereocenters. The zero-order valence-corrected chi connectivity index (χ0v) is 62.4. The monoisotopic (exact) mass is 1500 g/mol. The Kier molecular flexibility index (Phi) is 34.1. The number of ether oxygens (including phenoxy) is 1. The van der Waals surface area contributed by atoms with Crippen molar-refractivity contribution in [3.8, 4) is 5.75 Å². The number of nitrogens with zero attached hydrogens (tertiary/aromatic N) is 1. The molecule has 31 heteroatoms. The van der Waals surface area contributed by atoms with Gasteiger partial charge in [-0.3, -0.25) is 57.5 Å². The predicted octanol–water partition coefficient (Wildman–Crippen LogP) is 1.74. The summed E-state index contributed by atoms with van der Waals surface area (Å²) in [6.07, 6.45) is 2.46. The van der Waals surface area contributed by atoms with Gasteiger partial charge in [-0.15, -0.1) is 0 Å². The zero-order chi connectivity index (χ0) is 78.4. The number of carbonyl (C=O) groups is 13. The largest absolute Gasteiger partial charge is 0.508 e. The number of carbonyl (C=O) groups excluding carboxylic acids is 12. The van der Waals surface area contributed by atoms with Gasteiger partial charge in [-0.25, -0.2) is 4.79 Å². The predicted molar refractivity (Wildman–Crippen MR) is 402 cm³/mol. The number of phenolic OH excluding ortho intramolecular Hbond substituents is 1. The van der Waals surface area contributed by atoms with Crippen LogP contribution in [-0.4, -0.2) is 189 Å². The number of aromatic hydroxyl groups is 1. The normalized spacial score (nSPS) is 16.0. The van der Waals surface area contributed by atoms with E-state index in [9.17, 15) is 67.7 Å². The van der Waals surface area contributed by atoms with Gasteiger partial charge in [-0.2, -0.15) is 12.6 Å². The van der Waals surface area contributed by atoms with Crippen molar-refractivity contribution in [2.24, 2.45) is 29.2 Å². The molecule has 17 N–H and O–H groups in total. The number of fused-ring (bicyclic) bond motifs is 1. The molecular formula is C76H104N14O16S. The lowest BCUT2D eigenvalue weighted by molar-refractivity contribution is -0.148. The molecule has 0 radical (unpaired) electrons. The Bertz CT molecular complexity index is 3850. The van der Waals surface area contributed by atoms with E-state index in [4.69, 9.17) is 16.2 Å². The molecule has 4 aromatic carbocycles. The molecule has 11 amide bonds. The maximum absolute atomic E-state index is 15.0. The van der Waals surface area contributed by atoms with Crippen LogP contribution in [0, 0.1) is 17.8 Å². The Morgan fingerprint density at radius 2 is 1.12 bits per heavy atom. The number of benzene rings is 4. The molecule has 1 aliphatic heterocycles. The van der Waals surface area contributed by atoms with E-state index in [0.29, 0.717) is 58.8 Å². The number of hydrogen-bond donors (Lipinski definition) is 16. The highest BCUT2D eigenvalue weighted by Gasteiger charge is 2.42. The van der Waals surface area contributed by atoms with Gasteiger partial charge >= 0.3 is 11.9 Å². The molecule has 0 spiro atoms. The highest BCUT2D eigenvalue weighted by molar-refractivity contribution is 7.80. The Morgan fingerprint density at radius 1 is 0.579 bits per heavy atom. The average Bonchev–Trinajstić information content (AvgIpc) is 1.74. The first-order valence-corrected chi connectivity index (χ1v) is 36.9. The summed E-state index contributed by atoms with van der Waals surface area (Å²) < 4.78 is 5.37. The van der Waals surface area contributed by atoms with Gasteiger partial charge in [0.15, 0.2) is 0 Å². The number of aromatic nitrogens is 1. The van der Waals surface area contributed by atoms with E-state index in [1.54, 1.807) is 131 Å². The van der Waals surface area contributed by atoms with Crippen LogP contribution in [0.1, 0.15) is 122 Å². The van der Waals surface area contributed by atoms with Gasteiger partial charge in [0.05, 0.1) is 19.0 Å². The molecule has 0 unspecified atom stereocenters. The van der Waals surface area contributed by atoms with Crippen molar-refractivity contribution in [2.45, 2.75) is 192 Å². The molecule has 1 fully saturated rings. The van der Waals surface area contributed by atoms with E-state index < -0.39 is 174 Å². The maximum Gasteiger partial charge on any atom is 0.329 e. The minimum absolute atomic E-state index is 0.0403. The fraction of sp³-hybridized carbons (Fsp3) is 0.487. The van der Waals surface area contributed by atoms with Gasteiger partial charge in [0.2, 0.25) is 65.0 Å². The van der Waals surface area contributed by atoms with Crippen molar-refractivity contribution in [1.82, 2.24) is 63.1 Å². The molecule has 5 aromatic rings. The van der Waals surface area contributed by atoms with E-state index in [-0.39, 0.29) is 69.7 Å². The molecule has 0 bridgehead atoms. The number of likely N-dealkylation sites (tertiary alicyclic amines) is 1. The first-order valence-electron chi connectivity index (χ1n) is 36.2. The van der Waals surface area contributed by atoms with E-state index in [1.165, 1.54) is 19.1 Å². The Labute approximate surface area is 628 Å². The smallest absolute Gasteiger partial charge is 0.329 e. The van der Waals surface area contributed by atoms with Crippen LogP contribution in [0.5, 0.6) is 5.75 Å². The molecule has 580 valence electrons. The number of unbranched alkanes of at least 4 members (excludes halogenated alkanes) is 1. The highest BCUT2D eigenvalue weighted by Crippen LogP contribution is 2.23. The second kappa shape index (κ2) is 42.7. The number of phenols is 1. The lowest BCUT2D eigenvalue weighted by atomic mass is 9.94. The molecule has 2 heterocycles. The second-order valence-corrected chi connectivity index (χ2v) is 27.7. The summed E-state index contributed by atoms with van der Waals surface area (Å²) in [4.78, 5) is 186. The van der Waals surface area contributed by atoms with Crippen LogP contribution >= 0.6 is 12.6 Å². The van der Waals surface area contributed by atoms with E-state index >= 15 is 4.79 Å². The zero-order valence-electron chi connectivity index (χ0n) is 61.5. The third-order valence-corrected chi connectivity index (χ3v) is 19.2. The molecule has 0 aliphatic carbocycles. The number of H-pyrrole nitrogens is 1. The summed E-state index contributed by atoms with van der Waals surface area (Å²) in [5.41, 5.74) is 15.2. The molecule has 6 rings (SSSR count). The summed E-state index contributed by atoms with van der Waals surface area (Å²) in [5.74, 6) is -12.8. The Morgan fingerprint density at radius 3 is 1.73 bits per heavy atom. The number of thiol groups is 1. The number of nitrogens with one attached hydrogen (secondary N) is 11. The SMILES string of the molecule is CC[C@H](C)[C@H](NC(=O)[C@@H](NC(=O)[C@@H](N)Cc1ccc(O)cc1)[C@@H](C)CC)C(=O)N[C@@H](CCCCN)C(=O)NCC(=O)N[C@H](C(=O)N[C@@H](Cc1ccccc1)C(=O)N[C@@H](Cc1c[nH]c2ccccc12)C(=O)N[C@@H](CC(=O)O)C(=O)N1CCC[C@H]1C(=O)N[C@@H](C)C(=O)N[C@@H](CS)C(=O)OCc1ccccc1)C(C)C. The number of para-hydroxylation sites is 1.